The molecule has 1 fully saturated rings. The zero-order chi connectivity index (χ0) is 18.5. The maximum absolute atomic E-state index is 5.88. The lowest BCUT2D eigenvalue weighted by molar-refractivity contribution is 0.0317. The molecule has 1 aliphatic heterocycles. The summed E-state index contributed by atoms with van der Waals surface area (Å²) in [7, 11) is 0. The van der Waals surface area contributed by atoms with Gasteiger partial charge in [-0.1, -0.05) is 18.2 Å². The Morgan fingerprint density at radius 1 is 1.15 bits per heavy atom. The van der Waals surface area contributed by atoms with E-state index >= 15 is 0 Å². The molecule has 1 aliphatic rings. The van der Waals surface area contributed by atoms with Crippen LogP contribution in [0.25, 0.3) is 11.2 Å². The minimum Gasteiger partial charge on any atom is -0.462 e. The van der Waals surface area contributed by atoms with Crippen molar-refractivity contribution in [3.05, 3.63) is 36.7 Å². The number of aryl methyl sites for hydroxylation is 1. The Labute approximate surface area is 158 Å². The fraction of sp³-hybridized carbons (Fsp3) is 0.421. The Hall–Kier alpha value is -2.71. The number of nitrogens with one attached hydrogen (secondary N) is 1. The van der Waals surface area contributed by atoms with E-state index in [1.54, 1.807) is 6.33 Å². The van der Waals surface area contributed by atoms with Crippen LogP contribution in [0.4, 0.5) is 11.5 Å². The zero-order valence-electron chi connectivity index (χ0n) is 15.5. The first-order chi connectivity index (χ1) is 13.3. The molecule has 3 aromatic rings. The molecule has 0 atom stereocenters. The van der Waals surface area contributed by atoms with Crippen molar-refractivity contribution in [1.82, 2.24) is 24.4 Å². The molecule has 1 N–H and O–H groups in total. The van der Waals surface area contributed by atoms with Gasteiger partial charge in [-0.2, -0.15) is 9.97 Å². The predicted octanol–water partition coefficient (Wildman–Crippen LogP) is 2.30. The van der Waals surface area contributed by atoms with E-state index in [9.17, 15) is 0 Å². The number of anilines is 2. The number of rotatable bonds is 7. The molecule has 2 aromatic heterocycles. The van der Waals surface area contributed by atoms with E-state index in [1.165, 1.54) is 0 Å². The van der Waals surface area contributed by atoms with E-state index in [4.69, 9.17) is 9.47 Å². The van der Waals surface area contributed by atoms with Crippen molar-refractivity contribution in [2.45, 2.75) is 13.5 Å². The number of hydrogen-bond donors (Lipinski definition) is 1. The van der Waals surface area contributed by atoms with E-state index in [0.29, 0.717) is 18.4 Å². The van der Waals surface area contributed by atoms with Crippen molar-refractivity contribution in [1.29, 1.82) is 0 Å². The van der Waals surface area contributed by atoms with Crippen molar-refractivity contribution in [3.8, 4) is 6.01 Å². The summed E-state index contributed by atoms with van der Waals surface area (Å²) in [5.41, 5.74) is 2.45. The Balaban J connectivity index is 1.54. The smallest absolute Gasteiger partial charge is 0.320 e. The van der Waals surface area contributed by atoms with Gasteiger partial charge in [-0.05, 0) is 19.1 Å². The highest BCUT2D eigenvalue weighted by molar-refractivity contribution is 5.85. The van der Waals surface area contributed by atoms with E-state index in [1.807, 2.05) is 34.9 Å². The van der Waals surface area contributed by atoms with Crippen molar-refractivity contribution in [3.63, 3.8) is 0 Å². The predicted molar refractivity (Wildman–Crippen MR) is 103 cm³/mol. The monoisotopic (exact) mass is 368 g/mol. The summed E-state index contributed by atoms with van der Waals surface area (Å²) in [4.78, 5) is 15.9. The second kappa shape index (κ2) is 8.32. The van der Waals surface area contributed by atoms with Crippen molar-refractivity contribution >= 4 is 22.7 Å². The quantitative estimate of drug-likeness (QED) is 0.686. The van der Waals surface area contributed by atoms with Gasteiger partial charge < -0.3 is 19.4 Å². The number of hydrogen-bond acceptors (Lipinski definition) is 7. The van der Waals surface area contributed by atoms with Crippen LogP contribution in [0.3, 0.4) is 0 Å². The number of ether oxygens (including phenoxy) is 2. The van der Waals surface area contributed by atoms with Crippen molar-refractivity contribution in [2.75, 3.05) is 44.8 Å². The van der Waals surface area contributed by atoms with Gasteiger partial charge in [-0.25, -0.2) is 4.98 Å². The third kappa shape index (κ3) is 4.17. The number of para-hydroxylation sites is 1. The standard InChI is InChI=1S/C19H24N6O2/c1-2-25-14-20-16-17(21-15-6-4-3-5-7-15)22-19(23-18(16)25)27-13-10-24-8-11-26-12-9-24/h3-7,14H,2,8-13H2,1H3,(H,21,22,23). The van der Waals surface area contributed by atoms with E-state index in [0.717, 1.165) is 56.2 Å². The van der Waals surface area contributed by atoms with Crippen LogP contribution in [0.2, 0.25) is 0 Å². The third-order valence-corrected chi connectivity index (χ3v) is 4.56. The van der Waals surface area contributed by atoms with Gasteiger partial charge in [-0.3, -0.25) is 4.90 Å². The summed E-state index contributed by atoms with van der Waals surface area (Å²) in [6, 6.07) is 10.3. The molecule has 1 aromatic carbocycles. The summed E-state index contributed by atoms with van der Waals surface area (Å²) < 4.78 is 13.2. The first-order valence-corrected chi connectivity index (χ1v) is 9.31. The Morgan fingerprint density at radius 3 is 2.74 bits per heavy atom. The second-order valence-electron chi connectivity index (χ2n) is 6.35. The van der Waals surface area contributed by atoms with Crippen molar-refractivity contribution in [2.24, 2.45) is 0 Å². The van der Waals surface area contributed by atoms with Gasteiger partial charge in [0.1, 0.15) is 6.61 Å². The maximum Gasteiger partial charge on any atom is 0.320 e. The first kappa shape index (κ1) is 17.7. The molecule has 8 heteroatoms. The molecule has 1 saturated heterocycles. The van der Waals surface area contributed by atoms with Gasteiger partial charge in [-0.15, -0.1) is 0 Å². The van der Waals surface area contributed by atoms with Gasteiger partial charge >= 0.3 is 6.01 Å². The molecule has 142 valence electrons. The topological polar surface area (TPSA) is 77.3 Å². The molecule has 0 radical (unpaired) electrons. The minimum absolute atomic E-state index is 0.365. The lowest BCUT2D eigenvalue weighted by atomic mass is 10.3. The van der Waals surface area contributed by atoms with Crippen LogP contribution in [-0.4, -0.2) is 63.9 Å². The SMILES string of the molecule is CCn1cnc2c(Nc3ccccc3)nc(OCCN3CCOCC3)nc21. The van der Waals surface area contributed by atoms with E-state index in [-0.39, 0.29) is 0 Å². The molecule has 8 nitrogen and oxygen atoms in total. The number of fused-ring (bicyclic) bond motifs is 1. The average molecular weight is 368 g/mol. The number of aromatic nitrogens is 4. The lowest BCUT2D eigenvalue weighted by Crippen LogP contribution is -2.38. The molecule has 0 amide bonds. The molecule has 0 spiro atoms. The van der Waals surface area contributed by atoms with Crippen LogP contribution in [0.15, 0.2) is 36.7 Å². The second-order valence-corrected chi connectivity index (χ2v) is 6.35. The third-order valence-electron chi connectivity index (χ3n) is 4.56. The van der Waals surface area contributed by atoms with Crippen LogP contribution < -0.4 is 10.1 Å². The largest absolute Gasteiger partial charge is 0.462 e. The van der Waals surface area contributed by atoms with Crippen LogP contribution in [0.1, 0.15) is 6.92 Å². The van der Waals surface area contributed by atoms with E-state index in [2.05, 4.69) is 32.1 Å². The lowest BCUT2D eigenvalue weighted by Gasteiger charge is -2.26. The fourth-order valence-electron chi connectivity index (χ4n) is 3.06. The van der Waals surface area contributed by atoms with Gasteiger partial charge in [0.05, 0.1) is 19.5 Å². The van der Waals surface area contributed by atoms with Crippen molar-refractivity contribution < 1.29 is 9.47 Å². The van der Waals surface area contributed by atoms with Gasteiger partial charge in [0.2, 0.25) is 0 Å². The number of benzene rings is 1. The molecule has 27 heavy (non-hydrogen) atoms. The number of nitrogens with zero attached hydrogens (tertiary/aromatic N) is 5. The normalized spacial score (nSPS) is 15.1. The first-order valence-electron chi connectivity index (χ1n) is 9.31. The van der Waals surface area contributed by atoms with Gasteiger partial charge in [0.25, 0.3) is 0 Å². The summed E-state index contributed by atoms with van der Waals surface area (Å²) in [5, 5.41) is 3.33. The highest BCUT2D eigenvalue weighted by atomic mass is 16.5. The molecule has 4 rings (SSSR count). The molecule has 0 bridgehead atoms. The summed E-state index contributed by atoms with van der Waals surface area (Å²) in [5.74, 6) is 0.653. The molecule has 3 heterocycles. The van der Waals surface area contributed by atoms with Crippen LogP contribution in [0, 0.1) is 0 Å². The molecule has 0 saturated carbocycles. The minimum atomic E-state index is 0.365. The molecule has 0 unspecified atom stereocenters. The average Bonchev–Trinajstić information content (AvgIpc) is 3.13. The zero-order valence-corrected chi connectivity index (χ0v) is 15.5. The van der Waals surface area contributed by atoms with Crippen LogP contribution >= 0.6 is 0 Å². The molecule has 0 aliphatic carbocycles. The summed E-state index contributed by atoms with van der Waals surface area (Å²) in [6.07, 6.45) is 1.78. The van der Waals surface area contributed by atoms with Crippen LogP contribution in [-0.2, 0) is 11.3 Å². The fourth-order valence-corrected chi connectivity index (χ4v) is 3.06. The molecular weight excluding hydrogens is 344 g/mol. The number of morpholine rings is 1. The summed E-state index contributed by atoms with van der Waals surface area (Å²) >= 11 is 0. The highest BCUT2D eigenvalue weighted by Crippen LogP contribution is 2.25. The molecular formula is C19H24N6O2. The van der Waals surface area contributed by atoms with Crippen LogP contribution in [0.5, 0.6) is 6.01 Å². The summed E-state index contributed by atoms with van der Waals surface area (Å²) in [6.45, 7) is 7.65. The van der Waals surface area contributed by atoms with E-state index < -0.39 is 0 Å². The Morgan fingerprint density at radius 2 is 1.96 bits per heavy atom. The number of imidazole rings is 1. The Kier molecular flexibility index (Phi) is 5.45. The van der Waals surface area contributed by atoms with Gasteiger partial charge in [0.15, 0.2) is 17.0 Å². The highest BCUT2D eigenvalue weighted by Gasteiger charge is 2.15. The maximum atomic E-state index is 5.88. The Bertz CT molecular complexity index is 877. The van der Waals surface area contributed by atoms with Gasteiger partial charge in [0, 0.05) is 31.9 Å².